The Hall–Kier alpha value is -1.19. The van der Waals surface area contributed by atoms with Crippen LogP contribution in [0.2, 0.25) is 0 Å². The zero-order valence-corrected chi connectivity index (χ0v) is 7.25. The number of hydrogen-bond acceptors (Lipinski definition) is 4. The van der Waals surface area contributed by atoms with Gasteiger partial charge >= 0.3 is 5.97 Å². The van der Waals surface area contributed by atoms with Gasteiger partial charge in [-0.15, -0.1) is 0 Å². The zero-order chi connectivity index (χ0) is 9.56. The van der Waals surface area contributed by atoms with E-state index in [1.807, 2.05) is 0 Å². The summed E-state index contributed by atoms with van der Waals surface area (Å²) in [5.41, 5.74) is 0. The second kappa shape index (κ2) is 5.46. The van der Waals surface area contributed by atoms with E-state index in [-0.39, 0.29) is 12.8 Å². The van der Waals surface area contributed by atoms with Gasteiger partial charge in [-0.25, -0.2) is 0 Å². The minimum Gasteiger partial charge on any atom is -0.466 e. The van der Waals surface area contributed by atoms with Gasteiger partial charge in [0.1, 0.15) is 0 Å². The number of ether oxygens (including phenoxy) is 1. The Morgan fingerprint density at radius 2 is 1.75 bits per heavy atom. The highest BCUT2D eigenvalue weighted by atomic mass is 16.5. The Balaban J connectivity index is 3.61. The van der Waals surface area contributed by atoms with Crippen LogP contribution in [0.3, 0.4) is 0 Å². The lowest BCUT2D eigenvalue weighted by Gasteiger charge is -1.98. The Labute approximate surface area is 70.9 Å². The Bertz CT molecular complexity index is 195. The summed E-state index contributed by atoms with van der Waals surface area (Å²) < 4.78 is 4.57. The van der Waals surface area contributed by atoms with Gasteiger partial charge in [0.2, 0.25) is 0 Å². The molecule has 0 amide bonds. The fourth-order valence-corrected chi connectivity index (χ4v) is 0.625. The van der Waals surface area contributed by atoms with E-state index >= 15 is 0 Å². The Morgan fingerprint density at radius 3 is 2.17 bits per heavy atom. The van der Waals surface area contributed by atoms with Crippen molar-refractivity contribution in [1.29, 1.82) is 0 Å². The molecule has 4 nitrogen and oxygen atoms in total. The van der Waals surface area contributed by atoms with Crippen molar-refractivity contribution in [2.45, 2.75) is 26.7 Å². The van der Waals surface area contributed by atoms with E-state index < -0.39 is 17.5 Å². The molecule has 0 fully saturated rings. The number of ketones is 2. The van der Waals surface area contributed by atoms with E-state index in [0.29, 0.717) is 6.61 Å². The van der Waals surface area contributed by atoms with Crippen molar-refractivity contribution in [3.8, 4) is 0 Å². The molecule has 0 bridgehead atoms. The van der Waals surface area contributed by atoms with Gasteiger partial charge in [0.25, 0.3) is 0 Å². The molecule has 0 heterocycles. The van der Waals surface area contributed by atoms with Crippen LogP contribution in [0.5, 0.6) is 0 Å². The first kappa shape index (κ1) is 10.8. The van der Waals surface area contributed by atoms with Crippen LogP contribution >= 0.6 is 0 Å². The fraction of sp³-hybridized carbons (Fsp3) is 0.625. The highest BCUT2D eigenvalue weighted by Gasteiger charge is 2.10. The van der Waals surface area contributed by atoms with Crippen molar-refractivity contribution >= 4 is 17.5 Å². The van der Waals surface area contributed by atoms with E-state index in [0.717, 1.165) is 0 Å². The molecule has 0 aromatic carbocycles. The van der Waals surface area contributed by atoms with Gasteiger partial charge in [-0.2, -0.15) is 0 Å². The summed E-state index contributed by atoms with van der Waals surface area (Å²) in [6, 6.07) is 0. The number of hydrogen-bond donors (Lipinski definition) is 0. The lowest BCUT2D eigenvalue weighted by atomic mass is 10.2. The third kappa shape index (κ3) is 4.60. The molecular weight excluding hydrogens is 160 g/mol. The van der Waals surface area contributed by atoms with Crippen molar-refractivity contribution in [1.82, 2.24) is 0 Å². The van der Waals surface area contributed by atoms with Crippen molar-refractivity contribution in [3.05, 3.63) is 0 Å². The van der Waals surface area contributed by atoms with Crippen LogP contribution in [0.4, 0.5) is 0 Å². The summed E-state index contributed by atoms with van der Waals surface area (Å²) >= 11 is 0. The quantitative estimate of drug-likeness (QED) is 0.447. The summed E-state index contributed by atoms with van der Waals surface area (Å²) in [5.74, 6) is -1.48. The minimum atomic E-state index is -0.525. The average Bonchev–Trinajstić information content (AvgIpc) is 2.00. The molecule has 0 aliphatic rings. The second-order valence-corrected chi connectivity index (χ2v) is 2.28. The average molecular weight is 172 g/mol. The molecule has 0 aromatic rings. The molecule has 12 heavy (non-hydrogen) atoms. The predicted octanol–water partition coefficient (Wildman–Crippen LogP) is 0.488. The van der Waals surface area contributed by atoms with Crippen LogP contribution in [-0.2, 0) is 19.1 Å². The van der Waals surface area contributed by atoms with Gasteiger partial charge in [-0.3, -0.25) is 14.4 Å². The van der Waals surface area contributed by atoms with Crippen LogP contribution in [-0.4, -0.2) is 24.1 Å². The number of esters is 1. The smallest absolute Gasteiger partial charge is 0.306 e. The zero-order valence-electron chi connectivity index (χ0n) is 7.25. The maximum absolute atomic E-state index is 10.7. The van der Waals surface area contributed by atoms with Crippen molar-refractivity contribution < 1.29 is 19.1 Å². The molecule has 0 radical (unpaired) electrons. The molecule has 0 N–H and O–H groups in total. The second-order valence-electron chi connectivity index (χ2n) is 2.28. The first-order valence-corrected chi connectivity index (χ1v) is 3.77. The maximum atomic E-state index is 10.7. The first-order valence-electron chi connectivity index (χ1n) is 3.77. The predicted molar refractivity (Wildman–Crippen MR) is 41.6 cm³/mol. The molecule has 4 heteroatoms. The summed E-state index contributed by atoms with van der Waals surface area (Å²) in [7, 11) is 0. The van der Waals surface area contributed by atoms with Gasteiger partial charge < -0.3 is 4.74 Å². The summed E-state index contributed by atoms with van der Waals surface area (Å²) in [5, 5.41) is 0. The van der Waals surface area contributed by atoms with Crippen molar-refractivity contribution in [2.75, 3.05) is 6.61 Å². The molecule has 0 aromatic heterocycles. The lowest BCUT2D eigenvalue weighted by molar-refractivity contribution is -0.144. The normalized spacial score (nSPS) is 9.17. The van der Waals surface area contributed by atoms with Gasteiger partial charge in [-0.05, 0) is 6.92 Å². The molecule has 0 saturated carbocycles. The SMILES string of the molecule is CCOC(=O)CCC(=O)C(C)=O. The van der Waals surface area contributed by atoms with Crippen LogP contribution in [0.25, 0.3) is 0 Å². The van der Waals surface area contributed by atoms with Gasteiger partial charge in [0, 0.05) is 13.3 Å². The van der Waals surface area contributed by atoms with E-state index in [4.69, 9.17) is 0 Å². The minimum absolute atomic E-state index is 0.00769. The van der Waals surface area contributed by atoms with E-state index in [1.165, 1.54) is 6.92 Å². The first-order chi connectivity index (χ1) is 5.57. The molecule has 0 aliphatic heterocycles. The van der Waals surface area contributed by atoms with E-state index in [2.05, 4.69) is 4.74 Å². The van der Waals surface area contributed by atoms with Crippen LogP contribution in [0.15, 0.2) is 0 Å². The summed E-state index contributed by atoms with van der Waals surface area (Å²) in [6.07, 6.45) is -0.0551. The van der Waals surface area contributed by atoms with Gasteiger partial charge in [0.15, 0.2) is 11.6 Å². The largest absolute Gasteiger partial charge is 0.466 e. The molecule has 0 aliphatic carbocycles. The topological polar surface area (TPSA) is 60.4 Å². The third-order valence-electron chi connectivity index (χ3n) is 1.25. The Kier molecular flexibility index (Phi) is 4.92. The molecule has 0 atom stereocenters. The van der Waals surface area contributed by atoms with Crippen molar-refractivity contribution in [3.63, 3.8) is 0 Å². The molecule has 0 unspecified atom stereocenters. The standard InChI is InChI=1S/C8H12O4/c1-3-12-8(11)5-4-7(10)6(2)9/h3-5H2,1-2H3. The Morgan fingerprint density at radius 1 is 1.17 bits per heavy atom. The van der Waals surface area contributed by atoms with Crippen LogP contribution in [0, 0.1) is 0 Å². The lowest BCUT2D eigenvalue weighted by Crippen LogP contribution is -2.12. The fourth-order valence-electron chi connectivity index (χ4n) is 0.625. The highest BCUT2D eigenvalue weighted by molar-refractivity contribution is 6.36. The number of carbonyl (C=O) groups is 3. The van der Waals surface area contributed by atoms with Gasteiger partial charge in [-0.1, -0.05) is 0 Å². The molecular formula is C8H12O4. The highest BCUT2D eigenvalue weighted by Crippen LogP contribution is 1.94. The van der Waals surface area contributed by atoms with Gasteiger partial charge in [0.05, 0.1) is 13.0 Å². The molecule has 68 valence electrons. The molecule has 0 spiro atoms. The van der Waals surface area contributed by atoms with Crippen LogP contribution in [0.1, 0.15) is 26.7 Å². The number of rotatable bonds is 5. The van der Waals surface area contributed by atoms with E-state index in [9.17, 15) is 14.4 Å². The third-order valence-corrected chi connectivity index (χ3v) is 1.25. The van der Waals surface area contributed by atoms with Crippen molar-refractivity contribution in [2.24, 2.45) is 0 Å². The molecule has 0 saturated heterocycles. The molecule has 0 rings (SSSR count). The summed E-state index contributed by atoms with van der Waals surface area (Å²) in [6.45, 7) is 3.17. The number of Topliss-reactive ketones (excluding diaryl/α,β-unsaturated/α-hetero) is 2. The number of carbonyl (C=O) groups excluding carboxylic acids is 3. The van der Waals surface area contributed by atoms with E-state index in [1.54, 1.807) is 6.92 Å². The summed E-state index contributed by atoms with van der Waals surface area (Å²) in [4.78, 5) is 31.8. The monoisotopic (exact) mass is 172 g/mol. The van der Waals surface area contributed by atoms with Crippen LogP contribution < -0.4 is 0 Å². The maximum Gasteiger partial charge on any atom is 0.306 e.